The molecule has 0 aliphatic heterocycles. The quantitative estimate of drug-likeness (QED) is 0.427. The summed E-state index contributed by atoms with van der Waals surface area (Å²) >= 11 is 0. The van der Waals surface area contributed by atoms with Gasteiger partial charge in [0.25, 0.3) is 0 Å². The average Bonchev–Trinajstić information content (AvgIpc) is 3.13. The molecule has 28 heavy (non-hydrogen) atoms. The molecule has 4 aromatic rings. The molecule has 0 saturated carbocycles. The molecule has 0 aliphatic carbocycles. The van der Waals surface area contributed by atoms with Gasteiger partial charge in [0, 0.05) is 36.3 Å². The lowest BCUT2D eigenvalue weighted by Crippen LogP contribution is -2.10. The number of rotatable bonds is 8. The molecule has 5 nitrogen and oxygen atoms in total. The largest absolute Gasteiger partial charge is 0.370 e. The lowest BCUT2D eigenvalue weighted by atomic mass is 10.1. The maximum atomic E-state index is 13.7. The zero-order valence-corrected chi connectivity index (χ0v) is 15.5. The number of aromatic amines is 1. The van der Waals surface area contributed by atoms with Crippen LogP contribution in [0.3, 0.4) is 0 Å². The molecule has 2 aromatic heterocycles. The molecule has 3 N–H and O–H groups in total. The highest BCUT2D eigenvalue weighted by atomic mass is 19.1. The lowest BCUT2D eigenvalue weighted by Gasteiger charge is -2.09. The van der Waals surface area contributed by atoms with Crippen molar-refractivity contribution >= 4 is 22.5 Å². The summed E-state index contributed by atoms with van der Waals surface area (Å²) in [5.74, 6) is 1.32. The number of H-pyrrole nitrogens is 1. The zero-order chi connectivity index (χ0) is 19.2. The SMILES string of the molecule is Fc1ccccc1CCNc1cc(NCCc2c[nH]c3ccccc23)ncn1. The summed E-state index contributed by atoms with van der Waals surface area (Å²) in [6.07, 6.45) is 5.07. The number of halogens is 1. The van der Waals surface area contributed by atoms with Gasteiger partial charge in [-0.25, -0.2) is 14.4 Å². The van der Waals surface area contributed by atoms with Crippen LogP contribution >= 0.6 is 0 Å². The lowest BCUT2D eigenvalue weighted by molar-refractivity contribution is 0.610. The van der Waals surface area contributed by atoms with Gasteiger partial charge in [0.15, 0.2) is 0 Å². The topological polar surface area (TPSA) is 65.6 Å². The number of hydrogen-bond acceptors (Lipinski definition) is 4. The maximum Gasteiger partial charge on any atom is 0.131 e. The van der Waals surface area contributed by atoms with Gasteiger partial charge in [-0.1, -0.05) is 36.4 Å². The Kier molecular flexibility index (Phi) is 5.47. The van der Waals surface area contributed by atoms with E-state index in [-0.39, 0.29) is 5.82 Å². The number of anilines is 2. The van der Waals surface area contributed by atoms with Gasteiger partial charge in [-0.05, 0) is 36.1 Å². The second-order valence-electron chi connectivity index (χ2n) is 6.59. The zero-order valence-electron chi connectivity index (χ0n) is 15.5. The molecule has 0 radical (unpaired) electrons. The summed E-state index contributed by atoms with van der Waals surface area (Å²) in [5, 5.41) is 7.82. The van der Waals surface area contributed by atoms with Crippen LogP contribution in [0.1, 0.15) is 11.1 Å². The Labute approximate surface area is 163 Å². The first-order chi connectivity index (χ1) is 13.8. The van der Waals surface area contributed by atoms with Gasteiger partial charge < -0.3 is 15.6 Å². The highest BCUT2D eigenvalue weighted by molar-refractivity contribution is 5.83. The number of nitrogens with zero attached hydrogens (tertiary/aromatic N) is 2. The fourth-order valence-corrected chi connectivity index (χ4v) is 3.24. The first-order valence-electron chi connectivity index (χ1n) is 9.38. The van der Waals surface area contributed by atoms with E-state index in [1.54, 1.807) is 12.1 Å². The number of para-hydroxylation sites is 1. The molecule has 0 aliphatic rings. The van der Waals surface area contributed by atoms with Crippen LogP contribution in [0.2, 0.25) is 0 Å². The standard InChI is InChI=1S/C22H22FN5/c23-19-7-3-1-5-16(19)9-11-24-21-13-22(28-15-27-21)25-12-10-17-14-26-20-8-4-2-6-18(17)20/h1-8,13-15,26H,9-12H2,(H2,24,25,27,28). The summed E-state index contributed by atoms with van der Waals surface area (Å²) < 4.78 is 13.7. The minimum absolute atomic E-state index is 0.174. The van der Waals surface area contributed by atoms with Gasteiger partial charge >= 0.3 is 0 Å². The molecule has 0 fully saturated rings. The van der Waals surface area contributed by atoms with E-state index in [2.05, 4.69) is 50.0 Å². The second-order valence-corrected chi connectivity index (χ2v) is 6.59. The van der Waals surface area contributed by atoms with Crippen molar-refractivity contribution in [3.63, 3.8) is 0 Å². The van der Waals surface area contributed by atoms with E-state index in [1.165, 1.54) is 23.3 Å². The van der Waals surface area contributed by atoms with E-state index < -0.39 is 0 Å². The third-order valence-corrected chi connectivity index (χ3v) is 4.70. The number of fused-ring (bicyclic) bond motifs is 1. The fraction of sp³-hybridized carbons (Fsp3) is 0.182. The molecular formula is C22H22FN5. The van der Waals surface area contributed by atoms with E-state index in [4.69, 9.17) is 0 Å². The molecule has 0 spiro atoms. The van der Waals surface area contributed by atoms with Crippen LogP contribution in [0.25, 0.3) is 10.9 Å². The first kappa shape index (κ1) is 18.0. The van der Waals surface area contributed by atoms with Crippen molar-refractivity contribution in [1.82, 2.24) is 15.0 Å². The molecule has 4 rings (SSSR count). The molecule has 0 bridgehead atoms. The summed E-state index contributed by atoms with van der Waals surface area (Å²) in [7, 11) is 0. The van der Waals surface area contributed by atoms with Crippen LogP contribution in [0.4, 0.5) is 16.0 Å². The molecule has 0 unspecified atom stereocenters. The molecule has 6 heteroatoms. The van der Waals surface area contributed by atoms with E-state index in [1.807, 2.05) is 18.2 Å². The van der Waals surface area contributed by atoms with Gasteiger partial charge in [0.05, 0.1) is 0 Å². The Bertz CT molecular complexity index is 1060. The average molecular weight is 375 g/mol. The first-order valence-corrected chi connectivity index (χ1v) is 9.38. The van der Waals surface area contributed by atoms with E-state index in [0.29, 0.717) is 18.5 Å². The van der Waals surface area contributed by atoms with Crippen molar-refractivity contribution in [2.75, 3.05) is 23.7 Å². The minimum atomic E-state index is -0.174. The third-order valence-electron chi connectivity index (χ3n) is 4.70. The Morgan fingerprint density at radius 1 is 0.821 bits per heavy atom. The van der Waals surface area contributed by atoms with Gasteiger partial charge in [-0.3, -0.25) is 0 Å². The van der Waals surface area contributed by atoms with E-state index in [9.17, 15) is 4.39 Å². The summed E-state index contributed by atoms with van der Waals surface area (Å²) in [6.45, 7) is 1.38. The molecule has 0 saturated heterocycles. The normalized spacial score (nSPS) is 10.9. The van der Waals surface area contributed by atoms with Crippen molar-refractivity contribution in [1.29, 1.82) is 0 Å². The maximum absolute atomic E-state index is 13.7. The van der Waals surface area contributed by atoms with E-state index >= 15 is 0 Å². The van der Waals surface area contributed by atoms with Crippen LogP contribution in [0, 0.1) is 5.82 Å². The van der Waals surface area contributed by atoms with Gasteiger partial charge in [-0.15, -0.1) is 0 Å². The second kappa shape index (κ2) is 8.52. The highest BCUT2D eigenvalue weighted by Gasteiger charge is 2.04. The predicted molar refractivity (Wildman–Crippen MR) is 111 cm³/mol. The Morgan fingerprint density at radius 2 is 1.50 bits per heavy atom. The molecule has 2 aromatic carbocycles. The van der Waals surface area contributed by atoms with Crippen molar-refractivity contribution in [3.8, 4) is 0 Å². The Morgan fingerprint density at radius 3 is 2.29 bits per heavy atom. The van der Waals surface area contributed by atoms with Crippen LogP contribution in [-0.2, 0) is 12.8 Å². The van der Waals surface area contributed by atoms with E-state index in [0.717, 1.165) is 30.1 Å². The van der Waals surface area contributed by atoms with Crippen LogP contribution < -0.4 is 10.6 Å². The third kappa shape index (κ3) is 4.28. The van der Waals surface area contributed by atoms with Crippen molar-refractivity contribution in [2.45, 2.75) is 12.8 Å². The molecule has 0 amide bonds. The molecule has 142 valence electrons. The van der Waals surface area contributed by atoms with Crippen LogP contribution in [0.15, 0.2) is 67.1 Å². The summed E-state index contributed by atoms with van der Waals surface area (Å²) in [5.41, 5.74) is 3.13. The van der Waals surface area contributed by atoms with Crippen molar-refractivity contribution < 1.29 is 4.39 Å². The summed E-state index contributed by atoms with van der Waals surface area (Å²) in [4.78, 5) is 11.8. The van der Waals surface area contributed by atoms with Crippen molar-refractivity contribution in [2.24, 2.45) is 0 Å². The predicted octanol–water partition coefficient (Wildman–Crippen LogP) is 4.41. The Hall–Kier alpha value is -3.41. The molecule has 2 heterocycles. The minimum Gasteiger partial charge on any atom is -0.370 e. The van der Waals surface area contributed by atoms with Crippen LogP contribution in [0.5, 0.6) is 0 Å². The number of aromatic nitrogens is 3. The van der Waals surface area contributed by atoms with Gasteiger partial charge in [0.2, 0.25) is 0 Å². The van der Waals surface area contributed by atoms with Gasteiger partial charge in [-0.2, -0.15) is 0 Å². The smallest absolute Gasteiger partial charge is 0.131 e. The summed E-state index contributed by atoms with van der Waals surface area (Å²) in [6, 6.07) is 17.0. The van der Waals surface area contributed by atoms with Crippen LogP contribution in [-0.4, -0.2) is 28.0 Å². The number of benzene rings is 2. The number of nitrogens with one attached hydrogen (secondary N) is 3. The fourth-order valence-electron chi connectivity index (χ4n) is 3.24. The van der Waals surface area contributed by atoms with Crippen molar-refractivity contribution in [3.05, 3.63) is 84.1 Å². The molecule has 0 atom stereocenters. The number of hydrogen-bond donors (Lipinski definition) is 3. The molecular weight excluding hydrogens is 353 g/mol. The highest BCUT2D eigenvalue weighted by Crippen LogP contribution is 2.18. The Balaban J connectivity index is 1.29. The van der Waals surface area contributed by atoms with Gasteiger partial charge in [0.1, 0.15) is 23.8 Å². The monoisotopic (exact) mass is 375 g/mol.